The minimum absolute atomic E-state index is 0.0220. The van der Waals surface area contributed by atoms with Crippen molar-refractivity contribution in [1.82, 2.24) is 4.57 Å². The van der Waals surface area contributed by atoms with Crippen molar-refractivity contribution in [2.75, 3.05) is 14.2 Å². The molecule has 1 aromatic heterocycles. The number of carboxylic acids is 1. The highest BCUT2D eigenvalue weighted by Crippen LogP contribution is 2.48. The van der Waals surface area contributed by atoms with Gasteiger partial charge in [0, 0.05) is 42.0 Å². The average molecular weight is 549 g/mol. The first-order valence-corrected chi connectivity index (χ1v) is 12.5. The Hall–Kier alpha value is -4.42. The smallest absolute Gasteiger partial charge is 0.336 e. The molecule has 1 heterocycles. The van der Waals surface area contributed by atoms with Crippen molar-refractivity contribution in [1.29, 1.82) is 5.26 Å². The summed E-state index contributed by atoms with van der Waals surface area (Å²) in [6.45, 7) is 7.13. The number of nitrogens with zero attached hydrogens (tertiary/aromatic N) is 2. The topological polar surface area (TPSA) is 105 Å². The third kappa shape index (κ3) is 4.65. The molecule has 4 rings (SSSR count). The molecular weight excluding hydrogens is 518 g/mol. The van der Waals surface area contributed by atoms with E-state index in [0.29, 0.717) is 33.6 Å². The lowest BCUT2D eigenvalue weighted by atomic mass is 9.80. The van der Waals surface area contributed by atoms with Gasteiger partial charge in [0.15, 0.2) is 23.1 Å². The molecule has 40 heavy (non-hydrogen) atoms. The number of methoxy groups -OCH3 is 2. The van der Waals surface area contributed by atoms with E-state index in [4.69, 9.17) is 9.47 Å². The number of benzene rings is 3. The van der Waals surface area contributed by atoms with Crippen molar-refractivity contribution in [2.24, 2.45) is 0 Å². The van der Waals surface area contributed by atoms with Crippen LogP contribution >= 0.6 is 0 Å². The summed E-state index contributed by atoms with van der Waals surface area (Å²) in [5.74, 6) is -3.21. The van der Waals surface area contributed by atoms with Crippen molar-refractivity contribution in [3.8, 4) is 34.4 Å². The molecule has 7 nitrogen and oxygen atoms in total. The van der Waals surface area contributed by atoms with Gasteiger partial charge in [0.25, 0.3) is 0 Å². The van der Waals surface area contributed by atoms with Gasteiger partial charge in [-0.1, -0.05) is 19.9 Å². The molecule has 3 aromatic carbocycles. The summed E-state index contributed by atoms with van der Waals surface area (Å²) in [5.41, 5.74) is 0.769. The first-order chi connectivity index (χ1) is 18.8. The molecule has 0 spiro atoms. The fraction of sp³-hybridized carbons (Fsp3) is 0.290. The summed E-state index contributed by atoms with van der Waals surface area (Å²) < 4.78 is 41.9. The number of phenolic OH excluding ortho intramolecular Hbond substituents is 1. The van der Waals surface area contributed by atoms with E-state index in [-0.39, 0.29) is 23.1 Å². The van der Waals surface area contributed by atoms with Crippen molar-refractivity contribution >= 4 is 16.9 Å². The molecule has 0 radical (unpaired) electrons. The van der Waals surface area contributed by atoms with E-state index in [1.807, 2.05) is 13.8 Å². The van der Waals surface area contributed by atoms with E-state index < -0.39 is 34.4 Å². The number of phenols is 1. The Labute approximate surface area is 230 Å². The van der Waals surface area contributed by atoms with Gasteiger partial charge in [0.05, 0.1) is 35.2 Å². The van der Waals surface area contributed by atoms with E-state index in [1.54, 1.807) is 30.5 Å². The monoisotopic (exact) mass is 548 g/mol. The second-order valence-corrected chi connectivity index (χ2v) is 10.7. The summed E-state index contributed by atoms with van der Waals surface area (Å²) in [6, 6.07) is 13.8. The zero-order valence-corrected chi connectivity index (χ0v) is 23.1. The van der Waals surface area contributed by atoms with Crippen LogP contribution < -0.4 is 4.74 Å². The quantitative estimate of drug-likeness (QED) is 0.244. The molecule has 208 valence electrons. The van der Waals surface area contributed by atoms with Gasteiger partial charge in [-0.05, 0) is 61.4 Å². The highest BCUT2D eigenvalue weighted by Gasteiger charge is 2.35. The van der Waals surface area contributed by atoms with E-state index in [2.05, 4.69) is 6.07 Å². The number of ether oxygens (including phenoxy) is 2. The molecule has 0 unspecified atom stereocenters. The molecule has 0 aliphatic heterocycles. The van der Waals surface area contributed by atoms with Crippen LogP contribution in [0.3, 0.4) is 0 Å². The van der Waals surface area contributed by atoms with Crippen molar-refractivity contribution in [3.63, 3.8) is 0 Å². The van der Waals surface area contributed by atoms with Gasteiger partial charge in [0.1, 0.15) is 0 Å². The number of fused-ring (bicyclic) bond motifs is 1. The number of aromatic carboxylic acids is 1. The highest BCUT2D eigenvalue weighted by molar-refractivity contribution is 6.04. The van der Waals surface area contributed by atoms with E-state index in [1.165, 1.54) is 44.6 Å². The maximum absolute atomic E-state index is 14.9. The molecule has 9 heteroatoms. The van der Waals surface area contributed by atoms with E-state index >= 15 is 0 Å². The molecule has 4 aromatic rings. The lowest BCUT2D eigenvalue weighted by Gasteiger charge is -2.28. The van der Waals surface area contributed by atoms with Crippen LogP contribution in [-0.4, -0.2) is 35.0 Å². The molecular formula is C31H30F2N2O5. The van der Waals surface area contributed by atoms with Gasteiger partial charge in [0.2, 0.25) is 0 Å². The first-order valence-electron chi connectivity index (χ1n) is 12.5. The van der Waals surface area contributed by atoms with Gasteiger partial charge >= 0.3 is 5.97 Å². The van der Waals surface area contributed by atoms with Gasteiger partial charge in [-0.3, -0.25) is 0 Å². The second kappa shape index (κ2) is 10.3. The van der Waals surface area contributed by atoms with Crippen LogP contribution in [-0.2, 0) is 15.8 Å². The van der Waals surface area contributed by atoms with Crippen LogP contribution in [0.1, 0.15) is 55.7 Å². The SMILES string of the molecule is COc1cc(-n2c(C(C)(C)CC#N)c(-c3ccc(C(=O)O)c(C(C)(C)OC)c3)c3c(O)c(F)ccc32)ccc1F. The van der Waals surface area contributed by atoms with Gasteiger partial charge in [-0.2, -0.15) is 5.26 Å². The third-order valence-electron chi connectivity index (χ3n) is 7.31. The Bertz CT molecular complexity index is 1680. The van der Waals surface area contributed by atoms with Gasteiger partial charge in [-0.15, -0.1) is 0 Å². The molecule has 2 N–H and O–H groups in total. The van der Waals surface area contributed by atoms with Crippen molar-refractivity contribution in [3.05, 3.63) is 77.0 Å². The van der Waals surface area contributed by atoms with Crippen LogP contribution in [0.4, 0.5) is 8.78 Å². The highest BCUT2D eigenvalue weighted by atomic mass is 19.1. The number of hydrogen-bond donors (Lipinski definition) is 2. The van der Waals surface area contributed by atoms with Crippen LogP contribution in [0.25, 0.3) is 27.7 Å². The predicted molar refractivity (Wildman–Crippen MR) is 147 cm³/mol. The van der Waals surface area contributed by atoms with Crippen LogP contribution in [0.15, 0.2) is 48.5 Å². The fourth-order valence-electron chi connectivity index (χ4n) is 5.09. The number of hydrogen-bond acceptors (Lipinski definition) is 5. The zero-order valence-electron chi connectivity index (χ0n) is 23.1. The van der Waals surface area contributed by atoms with E-state index in [9.17, 15) is 29.1 Å². The Kier molecular flexibility index (Phi) is 7.35. The number of rotatable bonds is 8. The Morgan fingerprint density at radius 3 is 2.30 bits per heavy atom. The van der Waals surface area contributed by atoms with Crippen LogP contribution in [0.2, 0.25) is 0 Å². The average Bonchev–Trinajstić information content (AvgIpc) is 3.27. The number of halogens is 2. The molecule has 0 aliphatic carbocycles. The fourth-order valence-corrected chi connectivity index (χ4v) is 5.09. The number of carboxylic acid groups (broad SMARTS) is 1. The number of carbonyl (C=O) groups is 1. The Morgan fingerprint density at radius 2 is 1.70 bits per heavy atom. The molecule has 0 amide bonds. The minimum atomic E-state index is -1.15. The summed E-state index contributed by atoms with van der Waals surface area (Å²) >= 11 is 0. The lowest BCUT2D eigenvalue weighted by molar-refractivity contribution is 0.0176. The maximum Gasteiger partial charge on any atom is 0.336 e. The predicted octanol–water partition coefficient (Wildman–Crippen LogP) is 7.06. The number of nitriles is 1. The molecule has 0 bridgehead atoms. The Balaban J connectivity index is 2.26. The number of aromatic nitrogens is 1. The molecule has 0 saturated heterocycles. The summed E-state index contributed by atoms with van der Waals surface area (Å²) in [6.07, 6.45) is 0.0432. The van der Waals surface area contributed by atoms with Crippen molar-refractivity contribution in [2.45, 2.75) is 45.1 Å². The molecule has 0 atom stereocenters. The summed E-state index contributed by atoms with van der Waals surface area (Å²) in [7, 11) is 2.81. The first kappa shape index (κ1) is 28.6. The van der Waals surface area contributed by atoms with Crippen LogP contribution in [0.5, 0.6) is 11.5 Å². The summed E-state index contributed by atoms with van der Waals surface area (Å²) in [4.78, 5) is 12.1. The van der Waals surface area contributed by atoms with Gasteiger partial charge < -0.3 is 24.3 Å². The number of aromatic hydroxyl groups is 1. The largest absolute Gasteiger partial charge is 0.504 e. The molecule has 0 aliphatic rings. The van der Waals surface area contributed by atoms with Crippen molar-refractivity contribution < 1.29 is 33.3 Å². The van der Waals surface area contributed by atoms with Gasteiger partial charge in [-0.25, -0.2) is 13.6 Å². The maximum atomic E-state index is 14.9. The lowest BCUT2D eigenvalue weighted by Crippen LogP contribution is -2.24. The summed E-state index contributed by atoms with van der Waals surface area (Å²) in [5, 5.41) is 30.9. The van der Waals surface area contributed by atoms with Crippen LogP contribution in [0, 0.1) is 23.0 Å². The van der Waals surface area contributed by atoms with E-state index in [0.717, 1.165) is 6.07 Å². The zero-order chi connectivity index (χ0) is 29.6. The Morgan fingerprint density at radius 1 is 1.02 bits per heavy atom. The minimum Gasteiger partial charge on any atom is -0.504 e. The molecule has 0 saturated carbocycles. The standard InChI is InChI=1S/C31H30F2N2O5/c1-30(2,13-14-34)28-25(17-7-9-19(29(37)38)20(15-17)31(3,4)40-6)26-23(12-11-22(33)27(26)36)35(28)18-8-10-21(32)24(16-18)39-5/h7-12,15-16,36H,13H2,1-6H3,(H,37,38). The third-order valence-corrected chi connectivity index (χ3v) is 7.31. The second-order valence-electron chi connectivity index (χ2n) is 10.7. The normalized spacial score (nSPS) is 12.0. The molecule has 0 fully saturated rings.